The van der Waals surface area contributed by atoms with Gasteiger partial charge in [0.1, 0.15) is 0 Å². The van der Waals surface area contributed by atoms with Crippen molar-refractivity contribution < 1.29 is 14.6 Å². The van der Waals surface area contributed by atoms with Gasteiger partial charge >= 0.3 is 5.97 Å². The van der Waals surface area contributed by atoms with Gasteiger partial charge in [0.2, 0.25) is 0 Å². The second kappa shape index (κ2) is 11.9. The Balaban J connectivity index is 5.08. The average Bonchev–Trinajstić information content (AvgIpc) is 2.53. The molecular formula is C21H42O3. The summed E-state index contributed by atoms with van der Waals surface area (Å²) in [5, 5.41) is 11.1. The topological polar surface area (TPSA) is 46.5 Å². The van der Waals surface area contributed by atoms with Gasteiger partial charge < -0.3 is 9.84 Å². The highest BCUT2D eigenvalue weighted by atomic mass is 16.5. The number of aliphatic hydroxyl groups excluding tert-OH is 1. The van der Waals surface area contributed by atoms with E-state index in [2.05, 4.69) is 48.5 Å². The first-order valence-electron chi connectivity index (χ1n) is 10.1. The third-order valence-electron chi connectivity index (χ3n) is 5.22. The van der Waals surface area contributed by atoms with Crippen molar-refractivity contribution >= 4 is 5.97 Å². The predicted octanol–water partition coefficient (Wildman–Crippen LogP) is 5.60. The molecule has 0 aliphatic rings. The zero-order chi connectivity index (χ0) is 18.8. The fourth-order valence-electron chi connectivity index (χ4n) is 3.69. The Bertz CT molecular complexity index is 338. The zero-order valence-corrected chi connectivity index (χ0v) is 17.2. The first-order valence-corrected chi connectivity index (χ1v) is 10.1. The van der Waals surface area contributed by atoms with Crippen LogP contribution < -0.4 is 0 Å². The zero-order valence-electron chi connectivity index (χ0n) is 17.2. The molecule has 0 aliphatic heterocycles. The minimum absolute atomic E-state index is 0.124. The molecule has 1 N–H and O–H groups in total. The second-order valence-electron chi connectivity index (χ2n) is 8.31. The maximum Gasteiger partial charge on any atom is 0.305 e. The number of carbonyl (C=O) groups excluding carboxylic acids is 1. The molecule has 144 valence electrons. The number of rotatable bonds is 13. The molecule has 0 aliphatic carbocycles. The quantitative estimate of drug-likeness (QED) is 0.443. The van der Waals surface area contributed by atoms with E-state index >= 15 is 0 Å². The van der Waals surface area contributed by atoms with Gasteiger partial charge in [-0.3, -0.25) is 4.79 Å². The van der Waals surface area contributed by atoms with E-state index < -0.39 is 6.10 Å². The first kappa shape index (κ1) is 23.4. The molecule has 24 heavy (non-hydrogen) atoms. The lowest BCUT2D eigenvalue weighted by atomic mass is 9.68. The van der Waals surface area contributed by atoms with Gasteiger partial charge in [-0.1, -0.05) is 61.3 Å². The highest BCUT2D eigenvalue weighted by Crippen LogP contribution is 2.40. The van der Waals surface area contributed by atoms with Crippen molar-refractivity contribution in [3.63, 3.8) is 0 Å². The van der Waals surface area contributed by atoms with Crippen LogP contribution in [-0.4, -0.2) is 23.8 Å². The van der Waals surface area contributed by atoms with Crippen LogP contribution in [0.15, 0.2) is 0 Å². The fourth-order valence-corrected chi connectivity index (χ4v) is 3.69. The largest absolute Gasteiger partial charge is 0.465 e. The molecular weight excluding hydrogens is 300 g/mol. The predicted molar refractivity (Wildman–Crippen MR) is 102 cm³/mol. The Morgan fingerprint density at radius 2 is 1.67 bits per heavy atom. The summed E-state index contributed by atoms with van der Waals surface area (Å²) in [6.45, 7) is 15.4. The molecule has 0 amide bonds. The van der Waals surface area contributed by atoms with Gasteiger partial charge in [-0.15, -0.1) is 0 Å². The van der Waals surface area contributed by atoms with Crippen LogP contribution in [0.3, 0.4) is 0 Å². The van der Waals surface area contributed by atoms with Crippen LogP contribution in [0.4, 0.5) is 0 Å². The summed E-state index contributed by atoms with van der Waals surface area (Å²) < 4.78 is 5.64. The van der Waals surface area contributed by atoms with Crippen molar-refractivity contribution in [2.45, 2.75) is 99.5 Å². The van der Waals surface area contributed by atoms with E-state index in [1.165, 1.54) is 0 Å². The van der Waals surface area contributed by atoms with Crippen LogP contribution in [-0.2, 0) is 9.53 Å². The van der Waals surface area contributed by atoms with Gasteiger partial charge in [0.15, 0.2) is 0 Å². The lowest BCUT2D eigenvalue weighted by molar-refractivity contribution is -0.154. The number of esters is 1. The molecule has 0 saturated heterocycles. The molecule has 0 bridgehead atoms. The molecule has 0 saturated carbocycles. The Morgan fingerprint density at radius 1 is 1.04 bits per heavy atom. The van der Waals surface area contributed by atoms with Crippen LogP contribution in [0.2, 0.25) is 0 Å². The van der Waals surface area contributed by atoms with Crippen LogP contribution in [0.25, 0.3) is 0 Å². The molecule has 3 atom stereocenters. The summed E-state index contributed by atoms with van der Waals surface area (Å²) >= 11 is 0. The van der Waals surface area contributed by atoms with Crippen molar-refractivity contribution in [2.24, 2.45) is 23.2 Å². The van der Waals surface area contributed by atoms with E-state index in [1.807, 2.05) is 0 Å². The Kier molecular flexibility index (Phi) is 11.6. The maximum atomic E-state index is 12.1. The molecule has 0 rings (SSSR count). The number of hydrogen-bond donors (Lipinski definition) is 1. The third kappa shape index (κ3) is 8.00. The van der Waals surface area contributed by atoms with Crippen LogP contribution in [0.1, 0.15) is 93.4 Å². The SMILES string of the molecule is CCCC(CC)C(O)C(CC)(COC(=O)CCC(C)C)CC(C)C. The Hall–Kier alpha value is -0.570. The van der Waals surface area contributed by atoms with E-state index in [0.29, 0.717) is 24.9 Å². The normalized spacial score (nSPS) is 16.9. The van der Waals surface area contributed by atoms with Crippen molar-refractivity contribution in [2.75, 3.05) is 6.61 Å². The van der Waals surface area contributed by atoms with Crippen LogP contribution in [0, 0.1) is 23.2 Å². The first-order chi connectivity index (χ1) is 11.2. The lowest BCUT2D eigenvalue weighted by Gasteiger charge is -2.42. The molecule has 0 radical (unpaired) electrons. The van der Waals surface area contributed by atoms with E-state index in [0.717, 1.165) is 38.5 Å². The van der Waals surface area contributed by atoms with E-state index in [1.54, 1.807) is 0 Å². The smallest absolute Gasteiger partial charge is 0.305 e. The molecule has 0 heterocycles. The molecule has 3 heteroatoms. The third-order valence-corrected chi connectivity index (χ3v) is 5.22. The molecule has 0 aromatic rings. The van der Waals surface area contributed by atoms with Gasteiger partial charge in [-0.05, 0) is 43.4 Å². The van der Waals surface area contributed by atoms with Crippen LogP contribution >= 0.6 is 0 Å². The summed E-state index contributed by atoms with van der Waals surface area (Å²) in [6.07, 6.45) is 5.72. The number of aliphatic hydroxyl groups is 1. The monoisotopic (exact) mass is 342 g/mol. The minimum Gasteiger partial charge on any atom is -0.465 e. The molecule has 0 aromatic carbocycles. The molecule has 0 fully saturated rings. The van der Waals surface area contributed by atoms with Crippen molar-refractivity contribution in [1.82, 2.24) is 0 Å². The molecule has 3 unspecified atom stereocenters. The standard InChI is InChI=1S/C21H42O3/c1-8-11-18(9-2)20(23)21(10-3,14-17(6)7)15-24-19(22)13-12-16(4)5/h16-18,20,23H,8-15H2,1-7H3. The van der Waals surface area contributed by atoms with Crippen LogP contribution in [0.5, 0.6) is 0 Å². The fraction of sp³-hybridized carbons (Fsp3) is 0.952. The van der Waals surface area contributed by atoms with Crippen molar-refractivity contribution in [3.05, 3.63) is 0 Å². The van der Waals surface area contributed by atoms with Gasteiger partial charge in [-0.2, -0.15) is 0 Å². The number of carbonyl (C=O) groups is 1. The van der Waals surface area contributed by atoms with Gasteiger partial charge in [0.05, 0.1) is 12.7 Å². The highest BCUT2D eigenvalue weighted by molar-refractivity contribution is 5.69. The summed E-state index contributed by atoms with van der Waals surface area (Å²) in [6, 6.07) is 0. The van der Waals surface area contributed by atoms with Gasteiger partial charge in [0, 0.05) is 11.8 Å². The van der Waals surface area contributed by atoms with Gasteiger partial charge in [-0.25, -0.2) is 0 Å². The Morgan fingerprint density at radius 3 is 2.08 bits per heavy atom. The second-order valence-corrected chi connectivity index (χ2v) is 8.31. The summed E-state index contributed by atoms with van der Waals surface area (Å²) in [4.78, 5) is 12.1. The van der Waals surface area contributed by atoms with Gasteiger partial charge in [0.25, 0.3) is 0 Å². The minimum atomic E-state index is -0.409. The average molecular weight is 343 g/mol. The van der Waals surface area contributed by atoms with Crippen molar-refractivity contribution in [1.29, 1.82) is 0 Å². The summed E-state index contributed by atoms with van der Waals surface area (Å²) in [5.74, 6) is 1.13. The highest BCUT2D eigenvalue weighted by Gasteiger charge is 2.41. The Labute approximate surface area is 150 Å². The molecule has 0 spiro atoms. The molecule has 3 nitrogen and oxygen atoms in total. The van der Waals surface area contributed by atoms with E-state index in [-0.39, 0.29) is 17.3 Å². The maximum absolute atomic E-state index is 12.1. The number of ether oxygens (including phenoxy) is 1. The van der Waals surface area contributed by atoms with Crippen molar-refractivity contribution in [3.8, 4) is 0 Å². The summed E-state index contributed by atoms with van der Waals surface area (Å²) in [7, 11) is 0. The number of hydrogen-bond acceptors (Lipinski definition) is 3. The lowest BCUT2D eigenvalue weighted by Crippen LogP contribution is -2.45. The summed E-state index contributed by atoms with van der Waals surface area (Å²) in [5.41, 5.74) is -0.322. The van der Waals surface area contributed by atoms with E-state index in [4.69, 9.17) is 4.74 Å². The molecule has 0 aromatic heterocycles. The van der Waals surface area contributed by atoms with E-state index in [9.17, 15) is 9.90 Å².